The maximum atomic E-state index is 12.6. The quantitative estimate of drug-likeness (QED) is 0.758. The van der Waals surface area contributed by atoms with Gasteiger partial charge in [0.05, 0.1) is 25.0 Å². The largest absolute Gasteiger partial charge is 0.389 e. The van der Waals surface area contributed by atoms with E-state index in [1.54, 1.807) is 0 Å². The number of carbonyl (C=O) groups excluding carboxylic acids is 2. The van der Waals surface area contributed by atoms with E-state index in [9.17, 15) is 22.8 Å². The van der Waals surface area contributed by atoms with Crippen molar-refractivity contribution in [1.82, 2.24) is 9.80 Å². The van der Waals surface area contributed by atoms with Gasteiger partial charge in [-0.3, -0.25) is 9.59 Å². The van der Waals surface area contributed by atoms with Crippen LogP contribution < -0.4 is 0 Å². The lowest BCUT2D eigenvalue weighted by Crippen LogP contribution is -2.49. The van der Waals surface area contributed by atoms with E-state index in [1.807, 2.05) is 4.90 Å². The third-order valence-electron chi connectivity index (χ3n) is 5.95. The van der Waals surface area contributed by atoms with Gasteiger partial charge in [0.15, 0.2) is 0 Å². The summed E-state index contributed by atoms with van der Waals surface area (Å²) < 4.78 is 42.9. The second kappa shape index (κ2) is 7.74. The highest BCUT2D eigenvalue weighted by atomic mass is 19.4. The van der Waals surface area contributed by atoms with E-state index < -0.39 is 30.5 Å². The van der Waals surface area contributed by atoms with Crippen LogP contribution in [0, 0.1) is 5.92 Å². The van der Waals surface area contributed by atoms with Crippen LogP contribution in [0.1, 0.15) is 51.4 Å². The molecule has 3 fully saturated rings. The van der Waals surface area contributed by atoms with E-state index in [0.29, 0.717) is 51.4 Å². The summed E-state index contributed by atoms with van der Waals surface area (Å²) >= 11 is 0. The molecule has 0 radical (unpaired) electrons. The summed E-state index contributed by atoms with van der Waals surface area (Å²) in [6.07, 6.45) is -0.968. The summed E-state index contributed by atoms with van der Waals surface area (Å²) in [5, 5.41) is 0. The van der Waals surface area contributed by atoms with Crippen molar-refractivity contribution < 1.29 is 27.5 Å². The molecule has 1 aliphatic carbocycles. The second-order valence-corrected chi connectivity index (χ2v) is 7.84. The molecular weight excluding hydrogens is 349 g/mol. The summed E-state index contributed by atoms with van der Waals surface area (Å²) in [6, 6.07) is 0. The Hall–Kier alpha value is -1.31. The number of hydrogen-bond acceptors (Lipinski definition) is 3. The fraction of sp³-hybridized carbons (Fsp3) is 0.889. The molecule has 148 valence electrons. The van der Waals surface area contributed by atoms with E-state index in [0.717, 1.165) is 6.54 Å². The third-order valence-corrected chi connectivity index (χ3v) is 5.95. The number of ether oxygens (including phenoxy) is 1. The Morgan fingerprint density at radius 1 is 1.19 bits per heavy atom. The number of alkyl halides is 3. The summed E-state index contributed by atoms with van der Waals surface area (Å²) in [6.45, 7) is 2.60. The Morgan fingerprint density at radius 3 is 2.46 bits per heavy atom. The molecule has 0 aromatic carbocycles. The Kier molecular flexibility index (Phi) is 5.79. The molecular formula is C18H27F3N2O3. The summed E-state index contributed by atoms with van der Waals surface area (Å²) in [4.78, 5) is 28.0. The van der Waals surface area contributed by atoms with Gasteiger partial charge in [-0.25, -0.2) is 0 Å². The molecule has 0 unspecified atom stereocenters. The highest BCUT2D eigenvalue weighted by Gasteiger charge is 2.42. The predicted molar refractivity (Wildman–Crippen MR) is 88.3 cm³/mol. The Labute approximate surface area is 151 Å². The van der Waals surface area contributed by atoms with Crippen LogP contribution in [0.3, 0.4) is 0 Å². The number of carbonyl (C=O) groups is 2. The number of halogens is 3. The van der Waals surface area contributed by atoms with Crippen LogP contribution in [0.2, 0.25) is 0 Å². The van der Waals surface area contributed by atoms with Gasteiger partial charge in [-0.2, -0.15) is 13.2 Å². The van der Waals surface area contributed by atoms with Crippen LogP contribution in [0.15, 0.2) is 0 Å². The van der Waals surface area contributed by atoms with Gasteiger partial charge >= 0.3 is 6.18 Å². The molecule has 1 spiro atoms. The van der Waals surface area contributed by atoms with Crippen molar-refractivity contribution in [2.45, 2.75) is 63.1 Å². The fourth-order valence-corrected chi connectivity index (χ4v) is 4.01. The van der Waals surface area contributed by atoms with Crippen LogP contribution >= 0.6 is 0 Å². The van der Waals surface area contributed by atoms with E-state index >= 15 is 0 Å². The minimum Gasteiger partial charge on any atom is -0.372 e. The maximum absolute atomic E-state index is 12.6. The zero-order valence-corrected chi connectivity index (χ0v) is 15.0. The van der Waals surface area contributed by atoms with Crippen LogP contribution in [-0.4, -0.2) is 66.2 Å². The topological polar surface area (TPSA) is 49.9 Å². The highest BCUT2D eigenvalue weighted by Crippen LogP contribution is 2.34. The van der Waals surface area contributed by atoms with Crippen molar-refractivity contribution in [1.29, 1.82) is 0 Å². The summed E-state index contributed by atoms with van der Waals surface area (Å²) in [5.41, 5.74) is -0.563. The normalized spacial score (nSPS) is 24.5. The Bertz CT molecular complexity index is 526. The van der Waals surface area contributed by atoms with Crippen LogP contribution in [0.25, 0.3) is 0 Å². The number of hydrogen-bond donors (Lipinski definition) is 0. The van der Waals surface area contributed by atoms with Crippen molar-refractivity contribution in [3.8, 4) is 0 Å². The highest BCUT2D eigenvalue weighted by molar-refractivity contribution is 5.78. The van der Waals surface area contributed by atoms with Crippen molar-refractivity contribution in [3.63, 3.8) is 0 Å². The molecule has 1 saturated carbocycles. The molecule has 0 N–H and O–H groups in total. The lowest BCUT2D eigenvalue weighted by molar-refractivity contribution is -0.153. The Balaban J connectivity index is 1.49. The molecule has 2 amide bonds. The SMILES string of the molecule is O=C(CCC(F)(F)F)N1CCC2(CC1)CC(=O)N(CC1CCC1)CCO2. The van der Waals surface area contributed by atoms with Gasteiger partial charge in [-0.15, -0.1) is 0 Å². The fourth-order valence-electron chi connectivity index (χ4n) is 4.01. The van der Waals surface area contributed by atoms with Crippen molar-refractivity contribution in [3.05, 3.63) is 0 Å². The standard InChI is InChI=1S/C18H27F3N2O3/c19-18(20,21)5-4-15(24)22-8-6-17(7-9-22)12-16(25)23(10-11-26-17)13-14-2-1-3-14/h14H,1-13H2. The summed E-state index contributed by atoms with van der Waals surface area (Å²) in [5.74, 6) is 0.246. The first-order valence-corrected chi connectivity index (χ1v) is 9.53. The maximum Gasteiger partial charge on any atom is 0.389 e. The van der Waals surface area contributed by atoms with Gasteiger partial charge in [0.1, 0.15) is 0 Å². The van der Waals surface area contributed by atoms with Crippen LogP contribution in [-0.2, 0) is 14.3 Å². The number of nitrogens with zero attached hydrogens (tertiary/aromatic N) is 2. The summed E-state index contributed by atoms with van der Waals surface area (Å²) in [7, 11) is 0. The molecule has 0 bridgehead atoms. The first-order valence-electron chi connectivity index (χ1n) is 9.53. The van der Waals surface area contributed by atoms with Gasteiger partial charge in [0.25, 0.3) is 0 Å². The molecule has 2 heterocycles. The van der Waals surface area contributed by atoms with E-state index in [-0.39, 0.29) is 5.91 Å². The number of piperidine rings is 1. The van der Waals surface area contributed by atoms with Crippen LogP contribution in [0.5, 0.6) is 0 Å². The van der Waals surface area contributed by atoms with Crippen molar-refractivity contribution in [2.75, 3.05) is 32.8 Å². The monoisotopic (exact) mass is 376 g/mol. The van der Waals surface area contributed by atoms with Crippen molar-refractivity contribution >= 4 is 11.8 Å². The predicted octanol–water partition coefficient (Wildman–Crippen LogP) is 2.74. The van der Waals surface area contributed by atoms with E-state index in [2.05, 4.69) is 0 Å². The average Bonchev–Trinajstić information content (AvgIpc) is 2.68. The van der Waals surface area contributed by atoms with Gasteiger partial charge in [-0.05, 0) is 31.6 Å². The zero-order chi connectivity index (χ0) is 18.8. The first-order chi connectivity index (χ1) is 12.3. The molecule has 26 heavy (non-hydrogen) atoms. The number of amides is 2. The van der Waals surface area contributed by atoms with Crippen molar-refractivity contribution in [2.24, 2.45) is 5.92 Å². The van der Waals surface area contributed by atoms with E-state index in [1.165, 1.54) is 24.2 Å². The third kappa shape index (κ3) is 4.90. The van der Waals surface area contributed by atoms with Gasteiger partial charge in [0.2, 0.25) is 11.8 Å². The molecule has 3 rings (SSSR count). The lowest BCUT2D eigenvalue weighted by Gasteiger charge is -2.40. The minimum atomic E-state index is -4.31. The minimum absolute atomic E-state index is 0.103. The second-order valence-electron chi connectivity index (χ2n) is 7.84. The zero-order valence-electron chi connectivity index (χ0n) is 15.0. The molecule has 3 aliphatic rings. The van der Waals surface area contributed by atoms with Gasteiger partial charge in [0, 0.05) is 32.6 Å². The molecule has 5 nitrogen and oxygen atoms in total. The van der Waals surface area contributed by atoms with E-state index in [4.69, 9.17) is 4.74 Å². The van der Waals surface area contributed by atoms with Gasteiger partial charge < -0.3 is 14.5 Å². The van der Waals surface area contributed by atoms with Crippen LogP contribution in [0.4, 0.5) is 13.2 Å². The number of rotatable bonds is 4. The smallest absolute Gasteiger partial charge is 0.372 e. The lowest BCUT2D eigenvalue weighted by atomic mass is 9.84. The molecule has 2 saturated heterocycles. The Morgan fingerprint density at radius 2 is 1.88 bits per heavy atom. The van der Waals surface area contributed by atoms with Gasteiger partial charge in [-0.1, -0.05) is 6.42 Å². The molecule has 0 aromatic rings. The average molecular weight is 376 g/mol. The molecule has 2 aliphatic heterocycles. The molecule has 0 aromatic heterocycles. The number of likely N-dealkylation sites (tertiary alicyclic amines) is 1. The molecule has 0 atom stereocenters. The first kappa shape index (κ1) is 19.5. The molecule has 8 heteroatoms.